The van der Waals surface area contributed by atoms with Crippen LogP contribution in [0.15, 0.2) is 53.6 Å². The van der Waals surface area contributed by atoms with Gasteiger partial charge in [0.25, 0.3) is 0 Å². The summed E-state index contributed by atoms with van der Waals surface area (Å²) in [7, 11) is 0. The first-order valence-electron chi connectivity index (χ1n) is 14.6. The van der Waals surface area contributed by atoms with Gasteiger partial charge in [-0.05, 0) is 35.8 Å². The molecule has 3 aliphatic rings. The van der Waals surface area contributed by atoms with Crippen molar-refractivity contribution in [3.8, 4) is 0 Å². The van der Waals surface area contributed by atoms with E-state index in [1.165, 1.54) is 26.0 Å². The lowest BCUT2D eigenvalue weighted by Gasteiger charge is -2.63. The summed E-state index contributed by atoms with van der Waals surface area (Å²) < 4.78 is 23.8. The molecule has 0 amide bonds. The van der Waals surface area contributed by atoms with Gasteiger partial charge in [-0.15, -0.1) is 0 Å². The van der Waals surface area contributed by atoms with Crippen LogP contribution in [0, 0.1) is 16.7 Å². The van der Waals surface area contributed by atoms with Crippen LogP contribution in [0.25, 0.3) is 0 Å². The highest BCUT2D eigenvalue weighted by Gasteiger charge is 2.71. The van der Waals surface area contributed by atoms with Crippen molar-refractivity contribution in [3.05, 3.63) is 59.2 Å². The molecule has 1 aromatic rings. The molecule has 3 aliphatic carbocycles. The van der Waals surface area contributed by atoms with Crippen molar-refractivity contribution in [1.82, 2.24) is 0 Å². The van der Waals surface area contributed by atoms with Gasteiger partial charge in [0, 0.05) is 50.4 Å². The Labute approximate surface area is 256 Å². The predicted molar refractivity (Wildman–Crippen MR) is 156 cm³/mol. The van der Waals surface area contributed by atoms with Crippen LogP contribution >= 0.6 is 0 Å². The third-order valence-electron chi connectivity index (χ3n) is 9.91. The van der Waals surface area contributed by atoms with Crippen LogP contribution in [-0.4, -0.2) is 81.4 Å². The Bertz CT molecular complexity index is 1380. The fraction of sp³-hybridized carbons (Fsp3) is 0.576. The van der Waals surface area contributed by atoms with E-state index in [9.17, 15) is 34.5 Å². The highest BCUT2D eigenvalue weighted by molar-refractivity contribution is 5.89. The van der Waals surface area contributed by atoms with Crippen LogP contribution in [0.4, 0.5) is 0 Å². The summed E-state index contributed by atoms with van der Waals surface area (Å²) in [4.78, 5) is 51.5. The Morgan fingerprint density at radius 2 is 1.43 bits per heavy atom. The van der Waals surface area contributed by atoms with E-state index < -0.39 is 82.8 Å². The number of benzene rings is 1. The average Bonchev–Trinajstić information content (AvgIpc) is 2.92. The first-order chi connectivity index (χ1) is 20.4. The largest absolute Gasteiger partial charge is 0.459 e. The quantitative estimate of drug-likeness (QED) is 0.254. The standard InChI is InChI=1S/C33H42O11/c1-16-22(37)14-24(38)32(8)26(16)28(43-20(5)36)33(40)15-23(41-18(3)34)17(2)25(31(33,6)7)27(42-19(4)35)29(32)44-30(39)21-12-10-9-11-13-21/h9-13,22-24,26-29,37-38,40H,1,14-15H2,2-8H3/t22-,23-,24-,26-,27+,28-,29-,32+,33+/m0/s1. The summed E-state index contributed by atoms with van der Waals surface area (Å²) >= 11 is 0. The third kappa shape index (κ3) is 5.35. The molecule has 240 valence electrons. The molecule has 0 aromatic heterocycles. The zero-order valence-electron chi connectivity index (χ0n) is 26.2. The van der Waals surface area contributed by atoms with Gasteiger partial charge in [-0.1, -0.05) is 45.5 Å². The minimum Gasteiger partial charge on any atom is -0.459 e. The third-order valence-corrected chi connectivity index (χ3v) is 9.91. The summed E-state index contributed by atoms with van der Waals surface area (Å²) in [5, 5.41) is 35.7. The molecule has 9 atom stereocenters. The lowest BCUT2D eigenvalue weighted by molar-refractivity contribution is -0.252. The van der Waals surface area contributed by atoms with E-state index in [-0.39, 0.29) is 29.6 Å². The van der Waals surface area contributed by atoms with Crippen molar-refractivity contribution in [2.75, 3.05) is 0 Å². The second-order valence-corrected chi connectivity index (χ2v) is 12.9. The Hall–Kier alpha value is -3.54. The summed E-state index contributed by atoms with van der Waals surface area (Å²) in [6, 6.07) is 8.10. The second-order valence-electron chi connectivity index (χ2n) is 12.9. The molecule has 2 saturated carbocycles. The first kappa shape index (κ1) is 33.4. The maximum atomic E-state index is 13.7. The van der Waals surface area contributed by atoms with E-state index in [0.717, 1.165) is 6.92 Å². The predicted octanol–water partition coefficient (Wildman–Crippen LogP) is 2.80. The van der Waals surface area contributed by atoms with Gasteiger partial charge in [0.1, 0.15) is 17.8 Å². The van der Waals surface area contributed by atoms with Crippen LogP contribution in [0.1, 0.15) is 71.7 Å². The molecule has 11 nitrogen and oxygen atoms in total. The lowest BCUT2D eigenvalue weighted by Crippen LogP contribution is -2.73. The first-order valence-corrected chi connectivity index (χ1v) is 14.6. The molecule has 1 aromatic carbocycles. The monoisotopic (exact) mass is 614 g/mol. The zero-order valence-corrected chi connectivity index (χ0v) is 26.2. The number of hydrogen-bond donors (Lipinski definition) is 3. The van der Waals surface area contributed by atoms with E-state index >= 15 is 0 Å². The van der Waals surface area contributed by atoms with Gasteiger partial charge in [0.2, 0.25) is 0 Å². The van der Waals surface area contributed by atoms with E-state index in [2.05, 4.69) is 6.58 Å². The SMILES string of the molecule is C=C1[C@@H](O)C[C@H](O)[C@@]2(C)[C@@H](OC(=O)c3ccccc3)[C@H](OC(C)=O)C3=C(C)[C@@H](OC(C)=O)C[C@@](O)([C@@H](OC(C)=O)[C@H]12)C3(C)C. The number of carbonyl (C=O) groups is 4. The van der Waals surface area contributed by atoms with Crippen molar-refractivity contribution in [2.24, 2.45) is 16.7 Å². The maximum Gasteiger partial charge on any atom is 0.338 e. The molecule has 0 heterocycles. The summed E-state index contributed by atoms with van der Waals surface area (Å²) in [5.74, 6) is -4.19. The van der Waals surface area contributed by atoms with E-state index in [4.69, 9.17) is 18.9 Å². The van der Waals surface area contributed by atoms with Crippen molar-refractivity contribution >= 4 is 23.9 Å². The average molecular weight is 615 g/mol. The van der Waals surface area contributed by atoms with Gasteiger partial charge in [-0.3, -0.25) is 14.4 Å². The number of rotatable bonds is 5. The van der Waals surface area contributed by atoms with Crippen molar-refractivity contribution < 1.29 is 53.4 Å². The highest BCUT2D eigenvalue weighted by atomic mass is 16.6. The van der Waals surface area contributed by atoms with Gasteiger partial charge >= 0.3 is 23.9 Å². The van der Waals surface area contributed by atoms with Crippen molar-refractivity contribution in [2.45, 2.75) is 104 Å². The molecule has 0 unspecified atom stereocenters. The molecule has 44 heavy (non-hydrogen) atoms. The number of carbonyl (C=O) groups excluding carboxylic acids is 4. The Morgan fingerprint density at radius 3 is 1.98 bits per heavy atom. The van der Waals surface area contributed by atoms with Gasteiger partial charge in [-0.2, -0.15) is 0 Å². The highest BCUT2D eigenvalue weighted by Crippen LogP contribution is 2.62. The van der Waals surface area contributed by atoms with Gasteiger partial charge in [-0.25, -0.2) is 4.79 Å². The molecule has 2 bridgehead atoms. The maximum absolute atomic E-state index is 13.7. The van der Waals surface area contributed by atoms with Crippen LogP contribution in [0.2, 0.25) is 0 Å². The number of aliphatic hydroxyl groups is 3. The molecule has 0 saturated heterocycles. The molecular weight excluding hydrogens is 572 g/mol. The van der Waals surface area contributed by atoms with Crippen LogP contribution in [0.5, 0.6) is 0 Å². The van der Waals surface area contributed by atoms with Crippen LogP contribution in [-0.2, 0) is 33.3 Å². The number of aliphatic hydroxyl groups excluding tert-OH is 2. The fourth-order valence-corrected chi connectivity index (χ4v) is 7.63. The van der Waals surface area contributed by atoms with Crippen LogP contribution < -0.4 is 0 Å². The molecule has 0 spiro atoms. The minimum absolute atomic E-state index is 0.120. The Morgan fingerprint density at radius 1 is 0.864 bits per heavy atom. The van der Waals surface area contributed by atoms with Crippen molar-refractivity contribution in [1.29, 1.82) is 0 Å². The van der Waals surface area contributed by atoms with Crippen molar-refractivity contribution in [3.63, 3.8) is 0 Å². The fourth-order valence-electron chi connectivity index (χ4n) is 7.63. The second kappa shape index (κ2) is 11.8. The number of ether oxygens (including phenoxy) is 4. The Balaban J connectivity index is 2.13. The number of esters is 4. The van der Waals surface area contributed by atoms with E-state index in [1.54, 1.807) is 45.9 Å². The molecule has 11 heteroatoms. The smallest absolute Gasteiger partial charge is 0.338 e. The van der Waals surface area contributed by atoms with Gasteiger partial charge in [0.15, 0.2) is 12.2 Å². The molecule has 3 N–H and O–H groups in total. The van der Waals surface area contributed by atoms with Crippen LogP contribution in [0.3, 0.4) is 0 Å². The van der Waals surface area contributed by atoms with Gasteiger partial charge < -0.3 is 34.3 Å². The molecule has 0 aliphatic heterocycles. The lowest BCUT2D eigenvalue weighted by atomic mass is 9.47. The minimum atomic E-state index is -2.04. The molecule has 4 rings (SSSR count). The zero-order chi connectivity index (χ0) is 32.9. The normalized spacial score (nSPS) is 36.2. The summed E-state index contributed by atoms with van der Waals surface area (Å²) in [6.07, 6.45) is -8.59. The van der Waals surface area contributed by atoms with Gasteiger partial charge in [0.05, 0.1) is 17.8 Å². The van der Waals surface area contributed by atoms with E-state index in [1.807, 2.05) is 0 Å². The number of fused-ring (bicyclic) bond motifs is 3. The molecule has 0 radical (unpaired) electrons. The number of hydrogen-bond acceptors (Lipinski definition) is 11. The van der Waals surface area contributed by atoms with E-state index in [0.29, 0.717) is 5.57 Å². The molecule has 2 fully saturated rings. The molecular formula is C33H42O11. The topological polar surface area (TPSA) is 166 Å². The summed E-state index contributed by atoms with van der Waals surface area (Å²) in [5.41, 5.74) is -4.05. The summed E-state index contributed by atoms with van der Waals surface area (Å²) in [6.45, 7) is 14.2. The Kier molecular flexibility index (Phi) is 8.91.